The van der Waals surface area contributed by atoms with E-state index in [1.807, 2.05) is 0 Å². The van der Waals surface area contributed by atoms with Gasteiger partial charge in [0, 0.05) is 5.41 Å². The second-order valence-corrected chi connectivity index (χ2v) is 7.90. The lowest BCUT2D eigenvalue weighted by Crippen LogP contribution is -2.28. The zero-order valence-electron chi connectivity index (χ0n) is 14.7. The maximum atomic E-state index is 2.47. The molecule has 0 aliphatic heterocycles. The van der Waals surface area contributed by atoms with Crippen molar-refractivity contribution in [3.05, 3.63) is 70.8 Å². The van der Waals surface area contributed by atoms with Crippen molar-refractivity contribution in [2.45, 2.75) is 51.4 Å². The first kappa shape index (κ1) is 14.3. The monoisotopic (exact) mass is 312 g/mol. The maximum Gasteiger partial charge on any atom is 0.0221 e. The highest BCUT2D eigenvalue weighted by Gasteiger charge is 2.44. The van der Waals surface area contributed by atoms with Gasteiger partial charge < -0.3 is 0 Å². The van der Waals surface area contributed by atoms with Gasteiger partial charge >= 0.3 is 0 Å². The fourth-order valence-corrected chi connectivity index (χ4v) is 5.29. The summed E-state index contributed by atoms with van der Waals surface area (Å²) >= 11 is 0. The quantitative estimate of drug-likeness (QED) is 0.434. The van der Waals surface area contributed by atoms with Gasteiger partial charge in [-0.2, -0.15) is 0 Å². The zero-order chi connectivity index (χ0) is 16.3. The topological polar surface area (TPSA) is 0 Å². The lowest BCUT2D eigenvalue weighted by Gasteiger charge is -2.36. The second-order valence-electron chi connectivity index (χ2n) is 7.90. The molecule has 0 heteroatoms. The Labute approximate surface area is 144 Å². The minimum absolute atomic E-state index is 0.254. The molecule has 0 amide bonds. The molecule has 0 bridgehead atoms. The molecule has 2 aliphatic carbocycles. The van der Waals surface area contributed by atoms with Crippen LogP contribution in [0.25, 0.3) is 21.9 Å². The van der Waals surface area contributed by atoms with Crippen LogP contribution in [0.1, 0.15) is 54.4 Å². The van der Waals surface area contributed by atoms with E-state index in [0.29, 0.717) is 0 Å². The first-order valence-electron chi connectivity index (χ1n) is 9.34. The molecule has 3 aromatic carbocycles. The van der Waals surface area contributed by atoms with E-state index in [9.17, 15) is 0 Å². The van der Waals surface area contributed by atoms with Gasteiger partial charge in [-0.05, 0) is 59.7 Å². The number of aryl methyl sites for hydroxylation is 2. The minimum atomic E-state index is 0.254. The fraction of sp³-hybridized carbons (Fsp3) is 0.333. The molecule has 3 aromatic rings. The molecule has 0 aromatic heterocycles. The molecule has 5 rings (SSSR count). The second kappa shape index (κ2) is 4.96. The largest absolute Gasteiger partial charge is 0.0587 e. The van der Waals surface area contributed by atoms with E-state index in [2.05, 4.69) is 62.4 Å². The van der Waals surface area contributed by atoms with E-state index >= 15 is 0 Å². The first-order valence-corrected chi connectivity index (χ1v) is 9.34. The third-order valence-corrected chi connectivity index (χ3v) is 6.34. The van der Waals surface area contributed by atoms with Crippen molar-refractivity contribution in [3.63, 3.8) is 0 Å². The van der Waals surface area contributed by atoms with Gasteiger partial charge in [-0.25, -0.2) is 0 Å². The zero-order valence-corrected chi connectivity index (χ0v) is 14.7. The van der Waals surface area contributed by atoms with Crippen LogP contribution in [-0.2, 0) is 5.41 Å². The van der Waals surface area contributed by atoms with Gasteiger partial charge in [0.2, 0.25) is 0 Å². The number of hydrogen-bond acceptors (Lipinski definition) is 0. The summed E-state index contributed by atoms with van der Waals surface area (Å²) in [4.78, 5) is 0. The minimum Gasteiger partial charge on any atom is -0.0587 e. The summed E-state index contributed by atoms with van der Waals surface area (Å²) in [5, 5.41) is 2.89. The van der Waals surface area contributed by atoms with Crippen molar-refractivity contribution in [2.24, 2.45) is 0 Å². The van der Waals surface area contributed by atoms with E-state index < -0.39 is 0 Å². The summed E-state index contributed by atoms with van der Waals surface area (Å²) in [6.07, 6.45) is 6.72. The predicted octanol–water partition coefficient (Wildman–Crippen LogP) is 6.69. The maximum absolute atomic E-state index is 2.47. The molecule has 1 fully saturated rings. The molecule has 24 heavy (non-hydrogen) atoms. The molecule has 0 nitrogen and oxygen atoms in total. The van der Waals surface area contributed by atoms with Gasteiger partial charge in [0.05, 0.1) is 0 Å². The van der Waals surface area contributed by atoms with Crippen LogP contribution in [0.4, 0.5) is 0 Å². The van der Waals surface area contributed by atoms with E-state index in [4.69, 9.17) is 0 Å². The lowest BCUT2D eigenvalue weighted by atomic mass is 9.66. The van der Waals surface area contributed by atoms with Crippen LogP contribution in [0.15, 0.2) is 48.5 Å². The SMILES string of the molecule is Cc1ccc2c(c1)C1(CCCCC1)c1c-2ccc2cc(C)ccc12. The van der Waals surface area contributed by atoms with Crippen molar-refractivity contribution in [2.75, 3.05) is 0 Å². The molecule has 1 spiro atoms. The van der Waals surface area contributed by atoms with Gasteiger partial charge in [0.25, 0.3) is 0 Å². The summed E-state index contributed by atoms with van der Waals surface area (Å²) in [5.74, 6) is 0. The number of hydrogen-bond donors (Lipinski definition) is 0. The van der Waals surface area contributed by atoms with E-state index in [1.54, 1.807) is 11.1 Å². The number of fused-ring (bicyclic) bond motifs is 7. The molecule has 0 heterocycles. The molecule has 2 aliphatic rings. The van der Waals surface area contributed by atoms with Crippen LogP contribution in [0.2, 0.25) is 0 Å². The third kappa shape index (κ3) is 1.80. The van der Waals surface area contributed by atoms with Crippen LogP contribution >= 0.6 is 0 Å². The Morgan fingerprint density at radius 1 is 0.708 bits per heavy atom. The van der Waals surface area contributed by atoms with Gasteiger partial charge in [-0.3, -0.25) is 0 Å². The van der Waals surface area contributed by atoms with E-state index in [-0.39, 0.29) is 5.41 Å². The van der Waals surface area contributed by atoms with E-state index in [0.717, 1.165) is 0 Å². The Morgan fingerprint density at radius 3 is 2.25 bits per heavy atom. The predicted molar refractivity (Wildman–Crippen MR) is 103 cm³/mol. The van der Waals surface area contributed by atoms with E-state index in [1.165, 1.54) is 65.1 Å². The number of benzene rings is 3. The number of rotatable bonds is 0. The van der Waals surface area contributed by atoms with Crippen LogP contribution in [0.3, 0.4) is 0 Å². The molecule has 0 saturated heterocycles. The first-order chi connectivity index (χ1) is 11.7. The van der Waals surface area contributed by atoms with Gasteiger partial charge in [0.1, 0.15) is 0 Å². The van der Waals surface area contributed by atoms with Gasteiger partial charge in [-0.1, -0.05) is 78.9 Å². The molecular weight excluding hydrogens is 288 g/mol. The summed E-state index contributed by atoms with van der Waals surface area (Å²) in [5.41, 5.74) is 9.20. The highest BCUT2D eigenvalue weighted by molar-refractivity contribution is 5.98. The Hall–Kier alpha value is -2.08. The van der Waals surface area contributed by atoms with Gasteiger partial charge in [0.15, 0.2) is 0 Å². The molecule has 0 N–H and O–H groups in total. The van der Waals surface area contributed by atoms with Crippen molar-refractivity contribution < 1.29 is 0 Å². The Kier molecular flexibility index (Phi) is 2.95. The third-order valence-electron chi connectivity index (χ3n) is 6.34. The molecule has 1 saturated carbocycles. The average Bonchev–Trinajstić information content (AvgIpc) is 2.85. The molecule has 0 unspecified atom stereocenters. The van der Waals surface area contributed by atoms with Crippen molar-refractivity contribution in [1.82, 2.24) is 0 Å². The molecule has 120 valence electrons. The molecule has 0 radical (unpaired) electrons. The average molecular weight is 312 g/mol. The summed E-state index contributed by atoms with van der Waals surface area (Å²) in [6, 6.07) is 18.8. The Morgan fingerprint density at radius 2 is 1.42 bits per heavy atom. The highest BCUT2D eigenvalue weighted by atomic mass is 14.5. The Bertz CT molecular complexity index is 955. The van der Waals surface area contributed by atoms with Crippen molar-refractivity contribution in [3.8, 4) is 11.1 Å². The van der Waals surface area contributed by atoms with Crippen molar-refractivity contribution >= 4 is 10.8 Å². The van der Waals surface area contributed by atoms with Crippen LogP contribution in [0, 0.1) is 13.8 Å². The smallest absolute Gasteiger partial charge is 0.0221 e. The summed E-state index contributed by atoms with van der Waals surface area (Å²) in [7, 11) is 0. The Balaban J connectivity index is 1.90. The fourth-order valence-electron chi connectivity index (χ4n) is 5.29. The molecule has 0 atom stereocenters. The van der Waals surface area contributed by atoms with Gasteiger partial charge in [-0.15, -0.1) is 0 Å². The standard InChI is InChI=1S/C24H24/c1-16-6-9-19-18(14-16)8-11-21-20-10-7-17(2)15-22(20)24(23(19)21)12-4-3-5-13-24/h6-11,14-15H,3-5,12-13H2,1-2H3. The van der Waals surface area contributed by atoms with Crippen LogP contribution in [0.5, 0.6) is 0 Å². The van der Waals surface area contributed by atoms with Crippen LogP contribution < -0.4 is 0 Å². The summed E-state index contributed by atoms with van der Waals surface area (Å²) in [6.45, 7) is 4.43. The van der Waals surface area contributed by atoms with Crippen molar-refractivity contribution in [1.29, 1.82) is 0 Å². The molecular formula is C24H24. The summed E-state index contributed by atoms with van der Waals surface area (Å²) < 4.78 is 0. The normalized spacial score (nSPS) is 17.9. The highest BCUT2D eigenvalue weighted by Crippen LogP contribution is 2.57. The lowest BCUT2D eigenvalue weighted by molar-refractivity contribution is 0.355. The van der Waals surface area contributed by atoms with Crippen LogP contribution in [-0.4, -0.2) is 0 Å².